The number of nitro groups is 1. The van der Waals surface area contributed by atoms with Crippen LogP contribution in [-0.4, -0.2) is 23.7 Å². The molecule has 0 aliphatic rings. The highest BCUT2D eigenvalue weighted by atomic mass is 79.9. The van der Waals surface area contributed by atoms with Crippen molar-refractivity contribution in [1.29, 1.82) is 0 Å². The second-order valence-corrected chi connectivity index (χ2v) is 7.38. The summed E-state index contributed by atoms with van der Waals surface area (Å²) in [6.45, 7) is -0.210. The van der Waals surface area contributed by atoms with E-state index in [0.29, 0.717) is 11.3 Å². The fourth-order valence-corrected chi connectivity index (χ4v) is 3.38. The summed E-state index contributed by atoms with van der Waals surface area (Å²) in [6.07, 6.45) is 1.39. The molecule has 0 saturated heterocycles. The van der Waals surface area contributed by atoms with E-state index in [1.54, 1.807) is 6.07 Å². The highest BCUT2D eigenvalue weighted by Gasteiger charge is 2.09. The Kier molecular flexibility index (Phi) is 6.37. The van der Waals surface area contributed by atoms with Gasteiger partial charge in [-0.1, -0.05) is 28.1 Å². The summed E-state index contributed by atoms with van der Waals surface area (Å²) in [5.41, 5.74) is 2.96. The molecular formula is C19H13Br2N3O4. The molecule has 0 saturated carbocycles. The number of nitrogens with zero attached hydrogens (tertiary/aromatic N) is 2. The van der Waals surface area contributed by atoms with Gasteiger partial charge in [0.05, 0.1) is 15.6 Å². The molecule has 28 heavy (non-hydrogen) atoms. The van der Waals surface area contributed by atoms with Gasteiger partial charge in [0.1, 0.15) is 5.75 Å². The van der Waals surface area contributed by atoms with Crippen molar-refractivity contribution in [2.45, 2.75) is 0 Å². The van der Waals surface area contributed by atoms with Gasteiger partial charge in [0.2, 0.25) is 0 Å². The molecular weight excluding hydrogens is 494 g/mol. The zero-order valence-corrected chi connectivity index (χ0v) is 17.4. The number of rotatable bonds is 6. The lowest BCUT2D eigenvalue weighted by molar-refractivity contribution is -0.384. The summed E-state index contributed by atoms with van der Waals surface area (Å²) < 4.78 is 7.30. The first-order valence-corrected chi connectivity index (χ1v) is 9.59. The van der Waals surface area contributed by atoms with E-state index in [0.717, 1.165) is 19.7 Å². The molecule has 0 fully saturated rings. The molecule has 1 N–H and O–H groups in total. The van der Waals surface area contributed by atoms with Gasteiger partial charge in [0, 0.05) is 16.6 Å². The summed E-state index contributed by atoms with van der Waals surface area (Å²) in [4.78, 5) is 22.0. The molecule has 142 valence electrons. The molecule has 0 aliphatic carbocycles. The van der Waals surface area contributed by atoms with Crippen LogP contribution in [-0.2, 0) is 4.79 Å². The second kappa shape index (κ2) is 8.94. The van der Waals surface area contributed by atoms with Gasteiger partial charge in [-0.2, -0.15) is 5.10 Å². The molecule has 3 aromatic carbocycles. The van der Waals surface area contributed by atoms with Crippen molar-refractivity contribution < 1.29 is 14.5 Å². The molecule has 0 spiro atoms. The van der Waals surface area contributed by atoms with Gasteiger partial charge in [-0.3, -0.25) is 14.9 Å². The van der Waals surface area contributed by atoms with Crippen molar-refractivity contribution >= 4 is 60.4 Å². The first-order valence-electron chi connectivity index (χ1n) is 8.01. The number of carbonyl (C=O) groups is 1. The van der Waals surface area contributed by atoms with Gasteiger partial charge in [0.15, 0.2) is 6.61 Å². The quantitative estimate of drug-likeness (QED) is 0.295. The topological polar surface area (TPSA) is 93.8 Å². The first kappa shape index (κ1) is 20.0. The van der Waals surface area contributed by atoms with E-state index in [4.69, 9.17) is 4.74 Å². The maximum Gasteiger partial charge on any atom is 0.277 e. The van der Waals surface area contributed by atoms with Gasteiger partial charge in [-0.05, 0) is 62.6 Å². The normalized spacial score (nSPS) is 10.9. The summed E-state index contributed by atoms with van der Waals surface area (Å²) in [7, 11) is 0. The largest absolute Gasteiger partial charge is 0.483 e. The van der Waals surface area contributed by atoms with E-state index in [9.17, 15) is 14.9 Å². The Morgan fingerprint density at radius 3 is 2.61 bits per heavy atom. The van der Waals surface area contributed by atoms with Gasteiger partial charge in [-0.15, -0.1) is 0 Å². The summed E-state index contributed by atoms with van der Waals surface area (Å²) in [6, 6.07) is 15.4. The van der Waals surface area contributed by atoms with Crippen LogP contribution in [0.2, 0.25) is 0 Å². The van der Waals surface area contributed by atoms with Crippen molar-refractivity contribution in [3.63, 3.8) is 0 Å². The minimum atomic E-state index is -0.482. The fourth-order valence-electron chi connectivity index (χ4n) is 2.39. The third-order valence-corrected chi connectivity index (χ3v) is 5.06. The molecule has 0 aromatic heterocycles. The zero-order valence-electron chi connectivity index (χ0n) is 14.3. The monoisotopic (exact) mass is 505 g/mol. The van der Waals surface area contributed by atoms with E-state index < -0.39 is 10.8 Å². The number of hydrogen-bond donors (Lipinski definition) is 1. The first-order chi connectivity index (χ1) is 13.4. The molecule has 0 heterocycles. The van der Waals surface area contributed by atoms with Crippen LogP contribution in [0.15, 0.2) is 68.6 Å². The van der Waals surface area contributed by atoms with Crippen molar-refractivity contribution in [3.8, 4) is 5.75 Å². The SMILES string of the molecule is O=C(COc1ccc2cc(Br)ccc2c1Br)NN=Cc1ccc([N+](=O)[O-])cc1. The third kappa shape index (κ3) is 4.93. The Balaban J connectivity index is 1.57. The minimum Gasteiger partial charge on any atom is -0.483 e. The molecule has 1 amide bonds. The number of fused-ring (bicyclic) bond motifs is 1. The molecule has 0 aliphatic heterocycles. The molecule has 3 rings (SSSR count). The lowest BCUT2D eigenvalue weighted by atomic mass is 10.1. The number of hydrogen-bond acceptors (Lipinski definition) is 5. The Labute approximate surface area is 176 Å². The Morgan fingerprint density at radius 1 is 1.14 bits per heavy atom. The Morgan fingerprint density at radius 2 is 1.89 bits per heavy atom. The zero-order chi connectivity index (χ0) is 20.1. The van der Waals surface area contributed by atoms with Gasteiger partial charge >= 0.3 is 0 Å². The number of nitro benzene ring substituents is 1. The van der Waals surface area contributed by atoms with E-state index >= 15 is 0 Å². The van der Waals surface area contributed by atoms with E-state index in [-0.39, 0.29) is 12.3 Å². The number of halogens is 2. The molecule has 0 unspecified atom stereocenters. The average molecular weight is 507 g/mol. The Hall–Kier alpha value is -2.78. The van der Waals surface area contributed by atoms with Crippen molar-refractivity contribution in [3.05, 3.63) is 79.2 Å². The van der Waals surface area contributed by atoms with E-state index in [1.807, 2.05) is 24.3 Å². The maximum atomic E-state index is 11.9. The van der Waals surface area contributed by atoms with E-state index in [2.05, 4.69) is 42.4 Å². The van der Waals surface area contributed by atoms with Crippen LogP contribution in [0.4, 0.5) is 5.69 Å². The molecule has 9 heteroatoms. The summed E-state index contributed by atoms with van der Waals surface area (Å²) in [5, 5.41) is 16.4. The lowest BCUT2D eigenvalue weighted by Gasteiger charge is -2.10. The van der Waals surface area contributed by atoms with Crippen molar-refractivity contribution in [2.24, 2.45) is 5.10 Å². The van der Waals surface area contributed by atoms with Crippen LogP contribution in [0, 0.1) is 10.1 Å². The Bertz CT molecular complexity index is 1070. The second-order valence-electron chi connectivity index (χ2n) is 5.67. The van der Waals surface area contributed by atoms with Gasteiger partial charge in [-0.25, -0.2) is 5.43 Å². The predicted octanol–water partition coefficient (Wildman–Crippen LogP) is 4.80. The predicted molar refractivity (Wildman–Crippen MR) is 114 cm³/mol. The van der Waals surface area contributed by atoms with Gasteiger partial charge < -0.3 is 4.74 Å². The molecule has 7 nitrogen and oxygen atoms in total. The number of ether oxygens (including phenoxy) is 1. The molecule has 3 aromatic rings. The maximum absolute atomic E-state index is 11.9. The smallest absolute Gasteiger partial charge is 0.277 e. The third-order valence-electron chi connectivity index (χ3n) is 3.75. The van der Waals surface area contributed by atoms with Crippen LogP contribution in [0.25, 0.3) is 10.8 Å². The highest BCUT2D eigenvalue weighted by molar-refractivity contribution is 9.11. The number of benzene rings is 3. The number of non-ortho nitro benzene ring substituents is 1. The van der Waals surface area contributed by atoms with Crippen LogP contribution in [0.1, 0.15) is 5.56 Å². The summed E-state index contributed by atoms with van der Waals surface area (Å²) >= 11 is 6.94. The highest BCUT2D eigenvalue weighted by Crippen LogP contribution is 2.34. The fraction of sp³-hybridized carbons (Fsp3) is 0.0526. The molecule has 0 bridgehead atoms. The van der Waals surface area contributed by atoms with E-state index in [1.165, 1.54) is 30.5 Å². The number of nitrogens with one attached hydrogen (secondary N) is 1. The lowest BCUT2D eigenvalue weighted by Crippen LogP contribution is -2.24. The average Bonchev–Trinajstić information content (AvgIpc) is 2.68. The van der Waals surface area contributed by atoms with Gasteiger partial charge in [0.25, 0.3) is 11.6 Å². The van der Waals surface area contributed by atoms with Crippen molar-refractivity contribution in [2.75, 3.05) is 6.61 Å². The summed E-state index contributed by atoms with van der Waals surface area (Å²) in [5.74, 6) is 0.116. The van der Waals surface area contributed by atoms with Crippen LogP contribution >= 0.6 is 31.9 Å². The van der Waals surface area contributed by atoms with Crippen LogP contribution in [0.3, 0.4) is 0 Å². The standard InChI is InChI=1S/C19H13Br2N3O4/c20-14-4-7-16-13(9-14)3-8-17(19(16)21)28-11-18(25)23-22-10-12-1-5-15(6-2-12)24(26)27/h1-10H,11H2,(H,23,25). The molecule has 0 atom stereocenters. The minimum absolute atomic E-state index is 0.0112. The number of carbonyl (C=O) groups excluding carboxylic acids is 1. The molecule has 0 radical (unpaired) electrons. The van der Waals surface area contributed by atoms with Crippen molar-refractivity contribution in [1.82, 2.24) is 5.43 Å². The van der Waals surface area contributed by atoms with Crippen LogP contribution in [0.5, 0.6) is 5.75 Å². The number of hydrazone groups is 1. The number of amides is 1. The van der Waals surface area contributed by atoms with Crippen LogP contribution < -0.4 is 10.2 Å².